The van der Waals surface area contributed by atoms with E-state index in [1.807, 2.05) is 52.0 Å². The minimum atomic E-state index is -1.43. The maximum Gasteiger partial charge on any atom is 0.410 e. The molecule has 0 saturated carbocycles. The third-order valence-corrected chi connectivity index (χ3v) is 6.83. The fourth-order valence-electron chi connectivity index (χ4n) is 4.83. The van der Waals surface area contributed by atoms with Gasteiger partial charge >= 0.3 is 6.09 Å². The van der Waals surface area contributed by atoms with Crippen LogP contribution in [0.5, 0.6) is 5.88 Å². The number of amides is 1. The molecule has 190 valence electrons. The van der Waals surface area contributed by atoms with Crippen LogP contribution < -0.4 is 4.74 Å². The van der Waals surface area contributed by atoms with Crippen molar-refractivity contribution in [2.24, 2.45) is 5.41 Å². The molecule has 0 radical (unpaired) electrons. The fraction of sp³-hybridized carbons (Fsp3) is 0.593. The Kier molecular flexibility index (Phi) is 6.81. The lowest BCUT2D eigenvalue weighted by Gasteiger charge is -2.56. The summed E-state index contributed by atoms with van der Waals surface area (Å²) in [5.41, 5.74) is -0.205. The van der Waals surface area contributed by atoms with Crippen LogP contribution in [-0.2, 0) is 15.1 Å². The zero-order valence-corrected chi connectivity index (χ0v) is 21.6. The van der Waals surface area contributed by atoms with E-state index in [0.29, 0.717) is 43.7 Å². The molecule has 2 saturated heterocycles. The van der Waals surface area contributed by atoms with E-state index in [1.165, 1.54) is 5.56 Å². The predicted molar refractivity (Wildman–Crippen MR) is 131 cm³/mol. The van der Waals surface area contributed by atoms with Crippen molar-refractivity contribution in [1.29, 1.82) is 0 Å². The molecule has 2 aliphatic rings. The average Bonchev–Trinajstić information content (AvgIpc) is 3.28. The number of nitrogens with zero attached hydrogens (tertiary/aromatic N) is 3. The number of carbonyl (C=O) groups is 1. The second-order valence-electron chi connectivity index (χ2n) is 11.3. The molecule has 3 heterocycles. The monoisotopic (exact) mass is 483 g/mol. The molecule has 2 fully saturated rings. The molecule has 0 bridgehead atoms. The van der Waals surface area contributed by atoms with Gasteiger partial charge in [0.1, 0.15) is 17.3 Å². The Balaban J connectivity index is 1.68. The molecular formula is C27H37N3O5. The van der Waals surface area contributed by atoms with E-state index in [-0.39, 0.29) is 12.2 Å². The summed E-state index contributed by atoms with van der Waals surface area (Å²) in [5.74, 6) is 0.720. The number of aromatic nitrogens is 2. The molecule has 8 heteroatoms. The Morgan fingerprint density at radius 2 is 1.89 bits per heavy atom. The highest BCUT2D eigenvalue weighted by atomic mass is 16.6. The molecular weight excluding hydrogens is 446 g/mol. The highest BCUT2D eigenvalue weighted by molar-refractivity contribution is 5.70. The van der Waals surface area contributed by atoms with Gasteiger partial charge in [0.2, 0.25) is 5.88 Å². The van der Waals surface area contributed by atoms with Crippen molar-refractivity contribution in [3.05, 3.63) is 53.2 Å². The number of aliphatic hydroxyl groups is 1. The lowest BCUT2D eigenvalue weighted by atomic mass is 9.62. The summed E-state index contributed by atoms with van der Waals surface area (Å²) >= 11 is 0. The predicted octanol–water partition coefficient (Wildman–Crippen LogP) is 4.26. The first-order valence-corrected chi connectivity index (χ1v) is 12.3. The molecule has 1 amide bonds. The summed E-state index contributed by atoms with van der Waals surface area (Å²) in [6.45, 7) is 13.6. The van der Waals surface area contributed by atoms with E-state index in [4.69, 9.17) is 14.2 Å². The van der Waals surface area contributed by atoms with Gasteiger partial charge in [-0.2, -0.15) is 5.10 Å². The zero-order valence-electron chi connectivity index (χ0n) is 21.6. The van der Waals surface area contributed by atoms with E-state index in [0.717, 1.165) is 12.0 Å². The van der Waals surface area contributed by atoms with Crippen molar-refractivity contribution in [2.75, 3.05) is 26.3 Å². The number of rotatable bonds is 6. The summed E-state index contributed by atoms with van der Waals surface area (Å²) in [6.07, 6.45) is 1.90. The fourth-order valence-corrected chi connectivity index (χ4v) is 4.83. The van der Waals surface area contributed by atoms with Gasteiger partial charge in [0.25, 0.3) is 0 Å². The van der Waals surface area contributed by atoms with Crippen LogP contribution in [0.2, 0.25) is 0 Å². The van der Waals surface area contributed by atoms with Crippen molar-refractivity contribution in [2.45, 2.75) is 71.2 Å². The summed E-state index contributed by atoms with van der Waals surface area (Å²) in [6, 6.07) is 9.76. The molecule has 1 N–H and O–H groups in total. The Morgan fingerprint density at radius 1 is 1.20 bits per heavy atom. The molecule has 2 aliphatic heterocycles. The van der Waals surface area contributed by atoms with E-state index < -0.39 is 16.6 Å². The van der Waals surface area contributed by atoms with Gasteiger partial charge < -0.3 is 24.2 Å². The van der Waals surface area contributed by atoms with E-state index in [2.05, 4.69) is 24.0 Å². The minimum absolute atomic E-state index is 0.0834. The average molecular weight is 484 g/mol. The second kappa shape index (κ2) is 9.39. The quantitative estimate of drug-likeness (QED) is 0.656. The largest absolute Gasteiger partial charge is 0.471 e. The van der Waals surface area contributed by atoms with Crippen molar-refractivity contribution in [1.82, 2.24) is 15.1 Å². The number of hydrogen-bond acceptors (Lipinski definition) is 7. The van der Waals surface area contributed by atoms with Crippen LogP contribution in [0.3, 0.4) is 0 Å². The van der Waals surface area contributed by atoms with Crippen LogP contribution in [0.15, 0.2) is 36.5 Å². The summed E-state index contributed by atoms with van der Waals surface area (Å²) in [5, 5.41) is 20.7. The van der Waals surface area contributed by atoms with Gasteiger partial charge in [0.05, 0.1) is 19.4 Å². The first-order valence-electron chi connectivity index (χ1n) is 12.3. The molecule has 0 aliphatic carbocycles. The third kappa shape index (κ3) is 5.14. The number of ether oxygens (including phenoxy) is 3. The van der Waals surface area contributed by atoms with E-state index >= 15 is 0 Å². The first-order chi connectivity index (χ1) is 16.4. The maximum absolute atomic E-state index is 12.7. The second-order valence-corrected chi connectivity index (χ2v) is 11.3. The lowest BCUT2D eigenvalue weighted by molar-refractivity contribution is -0.131. The third-order valence-electron chi connectivity index (χ3n) is 6.83. The highest BCUT2D eigenvalue weighted by Crippen LogP contribution is 2.51. The maximum atomic E-state index is 12.7. The summed E-state index contributed by atoms with van der Waals surface area (Å²) in [4.78, 5) is 14.3. The number of carbonyl (C=O) groups excluding carboxylic acids is 1. The molecule has 8 nitrogen and oxygen atoms in total. The van der Waals surface area contributed by atoms with Crippen molar-refractivity contribution in [3.8, 4) is 5.88 Å². The Labute approximate surface area is 207 Å². The lowest BCUT2D eigenvalue weighted by Crippen LogP contribution is -2.66. The van der Waals surface area contributed by atoms with Crippen molar-refractivity contribution < 1.29 is 24.1 Å². The molecule has 4 rings (SSSR count). The Morgan fingerprint density at radius 3 is 2.46 bits per heavy atom. The van der Waals surface area contributed by atoms with Gasteiger partial charge in [-0.3, -0.25) is 0 Å². The molecule has 0 unspecified atom stereocenters. The summed E-state index contributed by atoms with van der Waals surface area (Å²) in [7, 11) is 0. The molecule has 35 heavy (non-hydrogen) atoms. The number of likely N-dealkylation sites (tertiary alicyclic amines) is 1. The Hall–Kier alpha value is -2.71. The normalized spacial score (nSPS) is 21.4. The van der Waals surface area contributed by atoms with Gasteiger partial charge in [0.15, 0.2) is 0 Å². The van der Waals surface area contributed by atoms with Crippen molar-refractivity contribution >= 4 is 6.09 Å². The molecule has 0 spiro atoms. The van der Waals surface area contributed by atoms with Gasteiger partial charge in [-0.15, -0.1) is 5.10 Å². The Bertz CT molecular complexity index is 1040. The van der Waals surface area contributed by atoms with Gasteiger partial charge in [-0.05, 0) is 37.8 Å². The van der Waals surface area contributed by atoms with Gasteiger partial charge in [0, 0.05) is 36.6 Å². The molecule has 2 aromatic rings. The van der Waals surface area contributed by atoms with E-state index in [9.17, 15) is 9.90 Å². The summed E-state index contributed by atoms with van der Waals surface area (Å²) < 4.78 is 16.9. The zero-order chi connectivity index (χ0) is 25.4. The van der Waals surface area contributed by atoms with Crippen molar-refractivity contribution in [3.63, 3.8) is 0 Å². The minimum Gasteiger partial charge on any atom is -0.471 e. The van der Waals surface area contributed by atoms with Crippen LogP contribution in [0.25, 0.3) is 0 Å². The van der Waals surface area contributed by atoms with E-state index in [1.54, 1.807) is 17.2 Å². The topological polar surface area (TPSA) is 94.0 Å². The number of benzene rings is 1. The van der Waals surface area contributed by atoms with Crippen LogP contribution in [0.1, 0.15) is 70.6 Å². The van der Waals surface area contributed by atoms with Crippen LogP contribution in [-0.4, -0.2) is 64.3 Å². The highest BCUT2D eigenvalue weighted by Gasteiger charge is 2.58. The van der Waals surface area contributed by atoms with Crippen LogP contribution in [0.4, 0.5) is 4.79 Å². The number of hydrogen-bond donors (Lipinski definition) is 1. The smallest absolute Gasteiger partial charge is 0.410 e. The molecule has 1 aromatic heterocycles. The van der Waals surface area contributed by atoms with Crippen LogP contribution in [0, 0.1) is 5.41 Å². The van der Waals surface area contributed by atoms with Crippen LogP contribution >= 0.6 is 0 Å². The van der Waals surface area contributed by atoms with Gasteiger partial charge in [-0.1, -0.05) is 45.0 Å². The molecule has 1 aromatic carbocycles. The molecule has 2 atom stereocenters. The first kappa shape index (κ1) is 25.4. The van der Waals surface area contributed by atoms with Gasteiger partial charge in [-0.25, -0.2) is 4.79 Å². The standard InChI is InChI=1S/C27H37N3O5/c1-18(2)19-7-9-20(10-8-19)27(32,26(6)16-30(17-26)24(31)35-25(3,4)5)21-13-23(29-28-14-21)34-22-11-12-33-15-22/h7-10,13-14,18,22,32H,11-12,15-17H2,1-6H3/t22-,27-/m0/s1. The SMILES string of the molecule is CC(C)c1ccc([C@](O)(c2cnnc(O[C@H]3CCOC3)c2)C2(C)CN(C(=O)OC(C)(C)C)C2)cc1.